The van der Waals surface area contributed by atoms with Crippen LogP contribution in [0.2, 0.25) is 0 Å². The van der Waals surface area contributed by atoms with Crippen LogP contribution in [0, 0.1) is 0 Å². The van der Waals surface area contributed by atoms with E-state index in [1.54, 1.807) is 0 Å². The number of hydrogen-bond donors (Lipinski definition) is 0. The molecule has 9 aromatic rings. The minimum absolute atomic E-state index is 1.13. The first kappa shape index (κ1) is 26.7. The lowest BCUT2D eigenvalue weighted by atomic mass is 9.98. The highest BCUT2D eigenvalue weighted by molar-refractivity contribution is 7.27. The molecule has 0 saturated carbocycles. The van der Waals surface area contributed by atoms with Crippen molar-refractivity contribution in [3.8, 4) is 22.3 Å². The van der Waals surface area contributed by atoms with E-state index >= 15 is 0 Å². The van der Waals surface area contributed by atoms with Crippen LogP contribution in [0.5, 0.6) is 0 Å². The van der Waals surface area contributed by atoms with Gasteiger partial charge in [-0.05, 0) is 74.8 Å². The van der Waals surface area contributed by atoms with E-state index in [1.165, 1.54) is 64.0 Å². The van der Waals surface area contributed by atoms with Gasteiger partial charge in [-0.15, -0.1) is 11.3 Å². The molecule has 1 heterocycles. The molecule has 0 N–H and O–H groups in total. The average molecular weight is 604 g/mol. The minimum atomic E-state index is 1.13. The molecule has 1 nitrogen and oxygen atoms in total. The van der Waals surface area contributed by atoms with Gasteiger partial charge in [-0.1, -0.05) is 140 Å². The molecule has 8 aromatic carbocycles. The third-order valence-electron chi connectivity index (χ3n) is 9.06. The first-order valence-electron chi connectivity index (χ1n) is 15.7. The van der Waals surface area contributed by atoms with Crippen molar-refractivity contribution in [2.75, 3.05) is 4.90 Å². The lowest BCUT2D eigenvalue weighted by Crippen LogP contribution is -2.09. The van der Waals surface area contributed by atoms with Gasteiger partial charge < -0.3 is 4.90 Å². The lowest BCUT2D eigenvalue weighted by Gasteiger charge is -2.26. The molecule has 0 atom stereocenters. The normalized spacial score (nSPS) is 11.5. The van der Waals surface area contributed by atoms with Gasteiger partial charge in [0.25, 0.3) is 0 Å². The van der Waals surface area contributed by atoms with Crippen LogP contribution in [-0.2, 0) is 0 Å². The number of anilines is 3. The topological polar surface area (TPSA) is 3.24 Å². The van der Waals surface area contributed by atoms with Crippen LogP contribution in [-0.4, -0.2) is 0 Å². The summed E-state index contributed by atoms with van der Waals surface area (Å²) < 4.78 is 2.70. The number of para-hydroxylation sites is 1. The van der Waals surface area contributed by atoms with Crippen molar-refractivity contribution >= 4 is 70.1 Å². The zero-order valence-electron chi connectivity index (χ0n) is 25.1. The smallest absolute Gasteiger partial charge is 0.0462 e. The summed E-state index contributed by atoms with van der Waals surface area (Å²) in [6.07, 6.45) is 0. The molecule has 0 amide bonds. The maximum absolute atomic E-state index is 2.33. The Kier molecular flexibility index (Phi) is 6.40. The van der Waals surface area contributed by atoms with Gasteiger partial charge in [0.2, 0.25) is 0 Å². The molecule has 0 radical (unpaired) electrons. The molecular formula is C44H29NS. The SMILES string of the molecule is c1ccc(-c2ccc(N(c3ccccc3)c3ccc(-c4cccc5c4sc4c5ccc5ccc6ccccc6c54)cc3)cc2)cc1. The van der Waals surface area contributed by atoms with Gasteiger partial charge in [0.15, 0.2) is 0 Å². The maximum atomic E-state index is 2.33. The lowest BCUT2D eigenvalue weighted by molar-refractivity contribution is 1.28. The molecule has 0 saturated heterocycles. The molecule has 0 unspecified atom stereocenters. The van der Waals surface area contributed by atoms with E-state index in [0.29, 0.717) is 0 Å². The summed E-state index contributed by atoms with van der Waals surface area (Å²) in [5, 5.41) is 7.91. The van der Waals surface area contributed by atoms with Crippen molar-refractivity contribution in [2.45, 2.75) is 0 Å². The first-order valence-corrected chi connectivity index (χ1v) is 16.5. The minimum Gasteiger partial charge on any atom is -0.311 e. The fourth-order valence-electron chi connectivity index (χ4n) is 6.82. The van der Waals surface area contributed by atoms with Crippen LogP contribution in [0.3, 0.4) is 0 Å². The van der Waals surface area contributed by atoms with E-state index in [-0.39, 0.29) is 0 Å². The highest BCUT2D eigenvalue weighted by atomic mass is 32.1. The molecule has 0 bridgehead atoms. The number of hydrogen-bond acceptors (Lipinski definition) is 2. The van der Waals surface area contributed by atoms with E-state index < -0.39 is 0 Å². The number of rotatable bonds is 5. The third kappa shape index (κ3) is 4.46. The van der Waals surface area contributed by atoms with Crippen molar-refractivity contribution in [1.82, 2.24) is 0 Å². The zero-order chi connectivity index (χ0) is 30.5. The van der Waals surface area contributed by atoms with Gasteiger partial charge in [0.05, 0.1) is 0 Å². The van der Waals surface area contributed by atoms with Gasteiger partial charge >= 0.3 is 0 Å². The van der Waals surface area contributed by atoms with E-state index in [4.69, 9.17) is 0 Å². The predicted octanol–water partition coefficient (Wildman–Crippen LogP) is 13.2. The van der Waals surface area contributed by atoms with E-state index in [1.807, 2.05) is 11.3 Å². The molecule has 0 spiro atoms. The Bertz CT molecular complexity index is 2490. The van der Waals surface area contributed by atoms with Crippen molar-refractivity contribution in [2.24, 2.45) is 0 Å². The zero-order valence-corrected chi connectivity index (χ0v) is 25.9. The molecular weight excluding hydrogens is 575 g/mol. The Hall–Kier alpha value is -5.70. The summed E-state index contributed by atoms with van der Waals surface area (Å²) in [5.41, 5.74) is 8.33. The monoisotopic (exact) mass is 603 g/mol. The Morgan fingerprint density at radius 2 is 0.870 bits per heavy atom. The Morgan fingerprint density at radius 3 is 1.63 bits per heavy atom. The fourth-order valence-corrected chi connectivity index (χ4v) is 8.22. The molecule has 0 aliphatic rings. The molecule has 46 heavy (non-hydrogen) atoms. The van der Waals surface area contributed by atoms with Gasteiger partial charge in [-0.25, -0.2) is 0 Å². The Balaban J connectivity index is 1.15. The second kappa shape index (κ2) is 11.0. The van der Waals surface area contributed by atoms with Crippen LogP contribution < -0.4 is 4.90 Å². The van der Waals surface area contributed by atoms with Crippen molar-refractivity contribution < 1.29 is 0 Å². The van der Waals surface area contributed by atoms with Crippen LogP contribution in [0.25, 0.3) is 64.0 Å². The van der Waals surface area contributed by atoms with E-state index in [9.17, 15) is 0 Å². The fraction of sp³-hybridized carbons (Fsp3) is 0. The average Bonchev–Trinajstić information content (AvgIpc) is 3.52. The second-order valence-corrected chi connectivity index (χ2v) is 12.8. The van der Waals surface area contributed by atoms with Gasteiger partial charge in [-0.3, -0.25) is 0 Å². The Morgan fingerprint density at radius 1 is 0.326 bits per heavy atom. The maximum Gasteiger partial charge on any atom is 0.0462 e. The van der Waals surface area contributed by atoms with E-state index in [2.05, 4.69) is 181 Å². The number of thiophene rings is 1. The molecule has 2 heteroatoms. The van der Waals surface area contributed by atoms with Crippen molar-refractivity contribution in [3.63, 3.8) is 0 Å². The summed E-state index contributed by atoms with van der Waals surface area (Å²) in [5.74, 6) is 0. The van der Waals surface area contributed by atoms with Crippen LogP contribution in [0.1, 0.15) is 0 Å². The number of benzene rings is 8. The highest BCUT2D eigenvalue weighted by Gasteiger charge is 2.16. The predicted molar refractivity (Wildman–Crippen MR) is 200 cm³/mol. The van der Waals surface area contributed by atoms with Gasteiger partial charge in [0, 0.05) is 42.6 Å². The summed E-state index contributed by atoms with van der Waals surface area (Å²) in [6, 6.07) is 63.7. The van der Waals surface area contributed by atoms with Crippen LogP contribution in [0.15, 0.2) is 176 Å². The largest absolute Gasteiger partial charge is 0.311 e. The highest BCUT2D eigenvalue weighted by Crippen LogP contribution is 2.45. The number of fused-ring (bicyclic) bond motifs is 7. The van der Waals surface area contributed by atoms with Crippen LogP contribution in [0.4, 0.5) is 17.1 Å². The molecule has 1 aromatic heterocycles. The second-order valence-electron chi connectivity index (χ2n) is 11.7. The quantitative estimate of drug-likeness (QED) is 0.177. The van der Waals surface area contributed by atoms with Crippen molar-refractivity contribution in [3.05, 3.63) is 176 Å². The molecule has 216 valence electrons. The standard InChI is InChI=1S/C44H29NS/c1-3-10-30(11-4-1)31-20-25-36(26-21-31)45(35-13-5-2-6-14-35)37-27-22-33(23-28-37)39-16-9-17-40-41-29-24-34-19-18-32-12-7-8-15-38(32)42(34)44(41)46-43(39)40/h1-29H. The molecule has 0 aliphatic carbocycles. The Labute approximate surface area is 272 Å². The van der Waals surface area contributed by atoms with Crippen LogP contribution >= 0.6 is 11.3 Å². The summed E-state index contributed by atoms with van der Waals surface area (Å²) >= 11 is 1.92. The van der Waals surface area contributed by atoms with E-state index in [0.717, 1.165) is 17.1 Å². The summed E-state index contributed by atoms with van der Waals surface area (Å²) in [4.78, 5) is 2.33. The molecule has 0 aliphatic heterocycles. The summed E-state index contributed by atoms with van der Waals surface area (Å²) in [6.45, 7) is 0. The van der Waals surface area contributed by atoms with Gasteiger partial charge in [-0.2, -0.15) is 0 Å². The van der Waals surface area contributed by atoms with Crippen molar-refractivity contribution in [1.29, 1.82) is 0 Å². The first-order chi connectivity index (χ1) is 22.8. The van der Waals surface area contributed by atoms with Gasteiger partial charge in [0.1, 0.15) is 0 Å². The molecule has 9 rings (SSSR count). The molecule has 0 fully saturated rings. The third-order valence-corrected chi connectivity index (χ3v) is 10.3. The summed E-state index contributed by atoms with van der Waals surface area (Å²) in [7, 11) is 0. The number of nitrogens with zero attached hydrogens (tertiary/aromatic N) is 1.